The molecule has 26 heavy (non-hydrogen) atoms. The number of hydrogen-bond acceptors (Lipinski definition) is 3. The molecule has 1 N–H and O–H groups in total. The van der Waals surface area contributed by atoms with Crippen molar-refractivity contribution in [2.24, 2.45) is 0 Å². The number of nitrogens with zero attached hydrogens (tertiary/aromatic N) is 2. The highest BCUT2D eigenvalue weighted by atomic mass is 35.5. The minimum Gasteiger partial charge on any atom is -0.493 e. The largest absolute Gasteiger partial charge is 0.493 e. The van der Waals surface area contributed by atoms with Gasteiger partial charge in [-0.05, 0) is 30.2 Å². The Bertz CT molecular complexity index is 892. The summed E-state index contributed by atoms with van der Waals surface area (Å²) in [4.78, 5) is 0. The standard InChI is InChI=1S/C21H22ClN3O/c1-2-15-8-9-20-18(12-15)19(10-11-26-20)23-13-16-14-24-25(21(16)22)17-6-4-3-5-7-17/h3-9,12,14,19,23H,2,10-11,13H2,1H3/t19-/m1/s1. The summed E-state index contributed by atoms with van der Waals surface area (Å²) in [7, 11) is 0. The molecule has 0 aliphatic carbocycles. The fourth-order valence-corrected chi connectivity index (χ4v) is 3.60. The van der Waals surface area contributed by atoms with Crippen molar-refractivity contribution in [3.05, 3.63) is 76.6 Å². The number of aryl methyl sites for hydroxylation is 1. The number of fused-ring (bicyclic) bond motifs is 1. The van der Waals surface area contributed by atoms with E-state index in [2.05, 4.69) is 35.5 Å². The molecular formula is C21H22ClN3O. The Morgan fingerprint density at radius 1 is 1.23 bits per heavy atom. The SMILES string of the molecule is CCc1ccc2c(c1)[C@H](NCc1cnn(-c3ccccc3)c1Cl)CCO2. The normalized spacial score (nSPS) is 16.2. The number of rotatable bonds is 5. The molecule has 4 rings (SSSR count). The highest BCUT2D eigenvalue weighted by Gasteiger charge is 2.22. The van der Waals surface area contributed by atoms with Crippen molar-refractivity contribution in [3.8, 4) is 11.4 Å². The van der Waals surface area contributed by atoms with Gasteiger partial charge in [0.05, 0.1) is 18.5 Å². The van der Waals surface area contributed by atoms with Gasteiger partial charge in [-0.2, -0.15) is 5.10 Å². The van der Waals surface area contributed by atoms with Crippen LogP contribution in [0.1, 0.15) is 36.1 Å². The highest BCUT2D eigenvalue weighted by Crippen LogP contribution is 2.33. The second-order valence-electron chi connectivity index (χ2n) is 6.50. The molecule has 0 unspecified atom stereocenters. The molecule has 1 aliphatic rings. The van der Waals surface area contributed by atoms with E-state index < -0.39 is 0 Å². The Morgan fingerprint density at radius 2 is 2.08 bits per heavy atom. The smallest absolute Gasteiger partial charge is 0.137 e. The molecule has 2 aromatic carbocycles. The molecule has 134 valence electrons. The molecule has 0 radical (unpaired) electrons. The molecule has 0 saturated heterocycles. The molecule has 1 atom stereocenters. The second kappa shape index (κ2) is 7.52. The van der Waals surface area contributed by atoms with Crippen LogP contribution in [0.4, 0.5) is 0 Å². The Morgan fingerprint density at radius 3 is 2.88 bits per heavy atom. The van der Waals surface area contributed by atoms with Crippen molar-refractivity contribution in [2.75, 3.05) is 6.61 Å². The zero-order valence-electron chi connectivity index (χ0n) is 14.8. The molecule has 3 aromatic rings. The molecule has 1 aromatic heterocycles. The van der Waals surface area contributed by atoms with Gasteiger partial charge in [0.15, 0.2) is 0 Å². The van der Waals surface area contributed by atoms with Gasteiger partial charge in [0.25, 0.3) is 0 Å². The van der Waals surface area contributed by atoms with E-state index in [1.165, 1.54) is 11.1 Å². The second-order valence-corrected chi connectivity index (χ2v) is 6.86. The maximum atomic E-state index is 6.56. The Balaban J connectivity index is 1.52. The van der Waals surface area contributed by atoms with E-state index in [0.29, 0.717) is 11.7 Å². The zero-order chi connectivity index (χ0) is 17.9. The Kier molecular flexibility index (Phi) is 4.96. The van der Waals surface area contributed by atoms with Gasteiger partial charge in [-0.15, -0.1) is 0 Å². The maximum Gasteiger partial charge on any atom is 0.137 e. The topological polar surface area (TPSA) is 39.1 Å². The number of ether oxygens (including phenoxy) is 1. The average molecular weight is 368 g/mol. The van der Waals surface area contributed by atoms with E-state index in [1.807, 2.05) is 36.5 Å². The van der Waals surface area contributed by atoms with Crippen molar-refractivity contribution in [1.29, 1.82) is 0 Å². The lowest BCUT2D eigenvalue weighted by atomic mass is 9.97. The lowest BCUT2D eigenvalue weighted by molar-refractivity contribution is 0.252. The zero-order valence-corrected chi connectivity index (χ0v) is 15.5. The van der Waals surface area contributed by atoms with Gasteiger partial charge in [-0.3, -0.25) is 0 Å². The minimum absolute atomic E-state index is 0.265. The molecule has 2 heterocycles. The van der Waals surface area contributed by atoms with E-state index in [9.17, 15) is 0 Å². The summed E-state index contributed by atoms with van der Waals surface area (Å²) in [5.41, 5.74) is 4.53. The van der Waals surface area contributed by atoms with Gasteiger partial charge in [0.2, 0.25) is 0 Å². The first kappa shape index (κ1) is 17.1. The van der Waals surface area contributed by atoms with Crippen LogP contribution in [-0.2, 0) is 13.0 Å². The molecule has 0 fully saturated rings. The maximum absolute atomic E-state index is 6.56. The van der Waals surface area contributed by atoms with Crippen LogP contribution >= 0.6 is 11.6 Å². The first-order chi connectivity index (χ1) is 12.8. The van der Waals surface area contributed by atoms with Crippen molar-refractivity contribution in [2.45, 2.75) is 32.4 Å². The minimum atomic E-state index is 0.265. The van der Waals surface area contributed by atoms with E-state index in [4.69, 9.17) is 16.3 Å². The predicted octanol–water partition coefficient (Wildman–Crippen LogP) is 4.70. The van der Waals surface area contributed by atoms with Crippen molar-refractivity contribution in [3.63, 3.8) is 0 Å². The van der Waals surface area contributed by atoms with Crippen LogP contribution in [0, 0.1) is 0 Å². The molecular weight excluding hydrogens is 346 g/mol. The average Bonchev–Trinajstić information content (AvgIpc) is 3.07. The molecule has 0 saturated carbocycles. The lowest BCUT2D eigenvalue weighted by Crippen LogP contribution is -2.27. The molecule has 0 spiro atoms. The van der Waals surface area contributed by atoms with Gasteiger partial charge in [-0.25, -0.2) is 4.68 Å². The third-order valence-corrected chi connectivity index (χ3v) is 5.24. The summed E-state index contributed by atoms with van der Waals surface area (Å²) in [6.07, 6.45) is 3.81. The van der Waals surface area contributed by atoms with Crippen LogP contribution in [0.15, 0.2) is 54.7 Å². The number of halogens is 1. The van der Waals surface area contributed by atoms with Crippen LogP contribution in [-0.4, -0.2) is 16.4 Å². The molecule has 0 amide bonds. The van der Waals surface area contributed by atoms with Crippen LogP contribution in [0.2, 0.25) is 5.15 Å². The van der Waals surface area contributed by atoms with Crippen LogP contribution in [0.3, 0.4) is 0 Å². The molecule has 1 aliphatic heterocycles. The monoisotopic (exact) mass is 367 g/mol. The summed E-state index contributed by atoms with van der Waals surface area (Å²) < 4.78 is 7.58. The predicted molar refractivity (Wildman–Crippen MR) is 104 cm³/mol. The molecule has 5 heteroatoms. The number of hydrogen-bond donors (Lipinski definition) is 1. The lowest BCUT2D eigenvalue weighted by Gasteiger charge is -2.27. The first-order valence-electron chi connectivity index (χ1n) is 9.03. The summed E-state index contributed by atoms with van der Waals surface area (Å²) in [6.45, 7) is 3.57. The van der Waals surface area contributed by atoms with Crippen LogP contribution < -0.4 is 10.1 Å². The summed E-state index contributed by atoms with van der Waals surface area (Å²) in [6, 6.07) is 16.7. The molecule has 4 nitrogen and oxygen atoms in total. The molecule has 0 bridgehead atoms. The van der Waals surface area contributed by atoms with Gasteiger partial charge in [0, 0.05) is 30.1 Å². The van der Waals surface area contributed by atoms with Crippen molar-refractivity contribution < 1.29 is 4.74 Å². The highest BCUT2D eigenvalue weighted by molar-refractivity contribution is 6.30. The van der Waals surface area contributed by atoms with Gasteiger partial charge in [-0.1, -0.05) is 48.9 Å². The van der Waals surface area contributed by atoms with Gasteiger partial charge in [0.1, 0.15) is 10.9 Å². The number of aromatic nitrogens is 2. The number of nitrogens with one attached hydrogen (secondary N) is 1. The Hall–Kier alpha value is -2.30. The van der Waals surface area contributed by atoms with E-state index in [-0.39, 0.29) is 6.04 Å². The van der Waals surface area contributed by atoms with E-state index in [0.717, 1.165) is 36.4 Å². The van der Waals surface area contributed by atoms with Crippen LogP contribution in [0.25, 0.3) is 5.69 Å². The Labute approximate surface area is 158 Å². The van der Waals surface area contributed by atoms with Gasteiger partial charge < -0.3 is 10.1 Å². The third-order valence-electron chi connectivity index (χ3n) is 4.84. The fourth-order valence-electron chi connectivity index (χ4n) is 3.34. The summed E-state index contributed by atoms with van der Waals surface area (Å²) in [5, 5.41) is 8.73. The number of para-hydroxylation sites is 1. The first-order valence-corrected chi connectivity index (χ1v) is 9.41. The quantitative estimate of drug-likeness (QED) is 0.710. The van der Waals surface area contributed by atoms with Crippen molar-refractivity contribution >= 4 is 11.6 Å². The van der Waals surface area contributed by atoms with Crippen LogP contribution in [0.5, 0.6) is 5.75 Å². The van der Waals surface area contributed by atoms with Gasteiger partial charge >= 0.3 is 0 Å². The van der Waals surface area contributed by atoms with E-state index >= 15 is 0 Å². The third kappa shape index (κ3) is 3.35. The van der Waals surface area contributed by atoms with E-state index in [1.54, 1.807) is 4.68 Å². The van der Waals surface area contributed by atoms with Crippen molar-refractivity contribution in [1.82, 2.24) is 15.1 Å². The summed E-state index contributed by atoms with van der Waals surface area (Å²) in [5.74, 6) is 0.983. The fraction of sp³-hybridized carbons (Fsp3) is 0.286. The summed E-state index contributed by atoms with van der Waals surface area (Å²) >= 11 is 6.56. The number of benzene rings is 2.